The minimum absolute atomic E-state index is 0.00596. The van der Waals surface area contributed by atoms with Gasteiger partial charge in [-0.15, -0.1) is 0 Å². The van der Waals surface area contributed by atoms with Crippen LogP contribution in [0.25, 0.3) is 11.0 Å². The average molecular weight is 387 g/mol. The molecule has 0 saturated carbocycles. The van der Waals surface area contributed by atoms with Gasteiger partial charge in [-0.1, -0.05) is 6.07 Å². The molecular weight excluding hydrogens is 366 g/mol. The van der Waals surface area contributed by atoms with Crippen molar-refractivity contribution < 1.29 is 13.2 Å². The molecule has 2 aromatic carbocycles. The minimum Gasteiger partial charge on any atom is -0.325 e. The van der Waals surface area contributed by atoms with E-state index in [9.17, 15) is 18.0 Å². The van der Waals surface area contributed by atoms with E-state index in [4.69, 9.17) is 0 Å². The SMILES string of the molecule is Cc1ccc(NC(=O)CS(=O)(=O)c2ccc3c(c2)n(C)c(=O)n3C)cc1C. The van der Waals surface area contributed by atoms with Gasteiger partial charge in [0.25, 0.3) is 0 Å². The Kier molecular flexibility index (Phi) is 4.69. The summed E-state index contributed by atoms with van der Waals surface area (Å²) in [6, 6.07) is 9.81. The molecule has 0 fully saturated rings. The lowest BCUT2D eigenvalue weighted by molar-refractivity contribution is -0.113. The smallest absolute Gasteiger partial charge is 0.325 e. The molecule has 0 atom stereocenters. The number of aryl methyl sites for hydroxylation is 4. The molecule has 3 rings (SSSR count). The van der Waals surface area contributed by atoms with Crippen molar-refractivity contribution >= 4 is 32.5 Å². The molecule has 0 spiro atoms. The molecule has 7 nitrogen and oxygen atoms in total. The highest BCUT2D eigenvalue weighted by Crippen LogP contribution is 2.20. The molecule has 1 amide bonds. The Morgan fingerprint density at radius 3 is 2.30 bits per heavy atom. The summed E-state index contributed by atoms with van der Waals surface area (Å²) in [4.78, 5) is 24.2. The quantitative estimate of drug-likeness (QED) is 0.740. The molecule has 0 aliphatic carbocycles. The van der Waals surface area contributed by atoms with Crippen LogP contribution in [0.4, 0.5) is 5.69 Å². The van der Waals surface area contributed by atoms with Crippen LogP contribution >= 0.6 is 0 Å². The number of nitrogens with one attached hydrogen (secondary N) is 1. The number of hydrogen-bond donors (Lipinski definition) is 1. The number of hydrogen-bond acceptors (Lipinski definition) is 4. The van der Waals surface area contributed by atoms with Gasteiger partial charge in [-0.25, -0.2) is 13.2 Å². The Morgan fingerprint density at radius 2 is 1.63 bits per heavy atom. The van der Waals surface area contributed by atoms with Crippen LogP contribution in [0.15, 0.2) is 46.1 Å². The average Bonchev–Trinajstić information content (AvgIpc) is 2.82. The van der Waals surface area contributed by atoms with Crippen molar-refractivity contribution in [2.75, 3.05) is 11.1 Å². The normalized spacial score (nSPS) is 11.7. The van der Waals surface area contributed by atoms with Crippen molar-refractivity contribution in [2.45, 2.75) is 18.7 Å². The number of aromatic nitrogens is 2. The van der Waals surface area contributed by atoms with Gasteiger partial charge in [0.05, 0.1) is 15.9 Å². The second-order valence-electron chi connectivity index (χ2n) is 6.66. The van der Waals surface area contributed by atoms with Crippen LogP contribution in [0.2, 0.25) is 0 Å². The Labute approximate surface area is 157 Å². The number of fused-ring (bicyclic) bond motifs is 1. The fourth-order valence-corrected chi connectivity index (χ4v) is 4.10. The van der Waals surface area contributed by atoms with Gasteiger partial charge in [-0.3, -0.25) is 13.9 Å². The van der Waals surface area contributed by atoms with E-state index in [0.29, 0.717) is 16.7 Å². The van der Waals surface area contributed by atoms with Crippen molar-refractivity contribution in [3.8, 4) is 0 Å². The number of anilines is 1. The number of benzene rings is 2. The van der Waals surface area contributed by atoms with Crippen LogP contribution in [0.5, 0.6) is 0 Å². The molecule has 1 aromatic heterocycles. The van der Waals surface area contributed by atoms with E-state index < -0.39 is 21.5 Å². The van der Waals surface area contributed by atoms with E-state index in [-0.39, 0.29) is 10.6 Å². The molecule has 1 N–H and O–H groups in total. The van der Waals surface area contributed by atoms with Crippen LogP contribution in [-0.2, 0) is 28.7 Å². The minimum atomic E-state index is -3.85. The monoisotopic (exact) mass is 387 g/mol. The van der Waals surface area contributed by atoms with E-state index in [0.717, 1.165) is 11.1 Å². The number of carbonyl (C=O) groups is 1. The largest absolute Gasteiger partial charge is 0.328 e. The third-order valence-electron chi connectivity index (χ3n) is 4.71. The Balaban J connectivity index is 1.86. The number of sulfone groups is 1. The van der Waals surface area contributed by atoms with Crippen LogP contribution in [-0.4, -0.2) is 29.2 Å². The Bertz CT molecular complexity index is 1220. The summed E-state index contributed by atoms with van der Waals surface area (Å²) in [5.74, 6) is -1.29. The van der Waals surface area contributed by atoms with Crippen LogP contribution in [0.3, 0.4) is 0 Å². The molecule has 8 heteroatoms. The predicted molar refractivity (Wildman–Crippen MR) is 105 cm³/mol. The van der Waals surface area contributed by atoms with Gasteiger partial charge in [0.2, 0.25) is 5.91 Å². The summed E-state index contributed by atoms with van der Waals surface area (Å²) in [5.41, 5.74) is 3.53. The summed E-state index contributed by atoms with van der Waals surface area (Å²) in [5, 5.41) is 2.62. The fraction of sp³-hybridized carbons (Fsp3) is 0.263. The third kappa shape index (κ3) is 3.52. The highest BCUT2D eigenvalue weighted by molar-refractivity contribution is 7.92. The molecule has 0 aliphatic rings. The summed E-state index contributed by atoms with van der Waals surface area (Å²) in [6.07, 6.45) is 0. The molecule has 27 heavy (non-hydrogen) atoms. The van der Waals surface area contributed by atoms with Crippen molar-refractivity contribution in [1.29, 1.82) is 0 Å². The number of nitrogens with zero attached hydrogens (tertiary/aromatic N) is 2. The van der Waals surface area contributed by atoms with E-state index in [1.807, 2.05) is 19.9 Å². The molecule has 0 aliphatic heterocycles. The van der Waals surface area contributed by atoms with Gasteiger partial charge >= 0.3 is 5.69 Å². The van der Waals surface area contributed by atoms with Crippen molar-refractivity contribution in [3.63, 3.8) is 0 Å². The molecule has 0 bridgehead atoms. The highest BCUT2D eigenvalue weighted by atomic mass is 32.2. The maximum Gasteiger partial charge on any atom is 0.328 e. The lowest BCUT2D eigenvalue weighted by atomic mass is 10.1. The molecular formula is C19H21N3O4S. The van der Waals surface area contributed by atoms with Gasteiger partial charge in [0.1, 0.15) is 5.75 Å². The highest BCUT2D eigenvalue weighted by Gasteiger charge is 2.21. The van der Waals surface area contributed by atoms with Crippen LogP contribution in [0, 0.1) is 13.8 Å². The van der Waals surface area contributed by atoms with Crippen LogP contribution in [0.1, 0.15) is 11.1 Å². The second-order valence-corrected chi connectivity index (χ2v) is 8.65. The van der Waals surface area contributed by atoms with Crippen molar-refractivity contribution in [3.05, 3.63) is 58.0 Å². The van der Waals surface area contributed by atoms with Crippen molar-refractivity contribution in [2.24, 2.45) is 14.1 Å². The number of rotatable bonds is 4. The maximum atomic E-state index is 12.6. The van der Waals surface area contributed by atoms with E-state index in [1.54, 1.807) is 32.3 Å². The molecule has 142 valence electrons. The Hall–Kier alpha value is -2.87. The topological polar surface area (TPSA) is 90.2 Å². The Morgan fingerprint density at radius 1 is 0.963 bits per heavy atom. The lowest BCUT2D eigenvalue weighted by Gasteiger charge is -2.09. The zero-order valence-electron chi connectivity index (χ0n) is 15.6. The first-order valence-corrected chi connectivity index (χ1v) is 10.0. The second kappa shape index (κ2) is 6.70. The summed E-state index contributed by atoms with van der Waals surface area (Å²) in [7, 11) is -0.649. The van der Waals surface area contributed by atoms with E-state index in [1.165, 1.54) is 21.3 Å². The van der Waals surface area contributed by atoms with Gasteiger partial charge < -0.3 is 5.32 Å². The zero-order valence-corrected chi connectivity index (χ0v) is 16.4. The number of amides is 1. The first-order chi connectivity index (χ1) is 12.6. The molecule has 0 radical (unpaired) electrons. The van der Waals surface area contributed by atoms with Gasteiger partial charge in [0, 0.05) is 19.8 Å². The molecule has 0 saturated heterocycles. The standard InChI is InChI=1S/C19H21N3O4S/c1-12-5-6-14(9-13(12)2)20-18(23)11-27(25,26)15-7-8-16-17(10-15)22(4)19(24)21(16)3/h5-10H,11H2,1-4H3,(H,20,23). The summed E-state index contributed by atoms with van der Waals surface area (Å²) >= 11 is 0. The number of carbonyl (C=O) groups excluding carboxylic acids is 1. The zero-order chi connectivity index (χ0) is 19.9. The fourth-order valence-electron chi connectivity index (χ4n) is 2.95. The lowest BCUT2D eigenvalue weighted by Crippen LogP contribution is -2.23. The summed E-state index contributed by atoms with van der Waals surface area (Å²) in [6.45, 7) is 3.87. The first-order valence-electron chi connectivity index (χ1n) is 8.35. The molecule has 0 unspecified atom stereocenters. The van der Waals surface area contributed by atoms with Gasteiger partial charge in [-0.2, -0.15) is 0 Å². The van der Waals surface area contributed by atoms with E-state index >= 15 is 0 Å². The first kappa shape index (κ1) is 18.9. The van der Waals surface area contributed by atoms with Gasteiger partial charge in [0.15, 0.2) is 9.84 Å². The van der Waals surface area contributed by atoms with Crippen LogP contribution < -0.4 is 11.0 Å². The third-order valence-corrected chi connectivity index (χ3v) is 6.33. The molecule has 1 heterocycles. The van der Waals surface area contributed by atoms with Crippen molar-refractivity contribution in [1.82, 2.24) is 9.13 Å². The maximum absolute atomic E-state index is 12.6. The summed E-state index contributed by atoms with van der Waals surface area (Å²) < 4.78 is 28.1. The predicted octanol–water partition coefficient (Wildman–Crippen LogP) is 1.91. The van der Waals surface area contributed by atoms with Gasteiger partial charge in [-0.05, 0) is 55.3 Å². The molecule has 3 aromatic rings. The van der Waals surface area contributed by atoms with E-state index in [2.05, 4.69) is 5.32 Å². The number of imidazole rings is 1.